The van der Waals surface area contributed by atoms with E-state index in [-0.39, 0.29) is 5.02 Å². The van der Waals surface area contributed by atoms with Crippen LogP contribution >= 0.6 is 23.2 Å². The molecule has 106 valence electrons. The number of aromatic carboxylic acids is 1. The first-order chi connectivity index (χ1) is 8.47. The Morgan fingerprint density at radius 2 is 1.79 bits per heavy atom. The highest BCUT2D eigenvalue weighted by molar-refractivity contribution is 7.88. The van der Waals surface area contributed by atoms with E-state index in [2.05, 4.69) is 4.18 Å². The van der Waals surface area contributed by atoms with Crippen molar-refractivity contribution in [2.45, 2.75) is 5.51 Å². The fraction of sp³-hybridized carbons (Fsp3) is 0.125. The topological polar surface area (TPSA) is 83.5 Å². The summed E-state index contributed by atoms with van der Waals surface area (Å²) >= 11 is 10.9. The summed E-state index contributed by atoms with van der Waals surface area (Å²) in [5.74, 6) is -3.19. The predicted octanol–water partition coefficient (Wildman–Crippen LogP) is 1.59. The molecule has 0 N–H and O–H groups in total. The zero-order valence-corrected chi connectivity index (χ0v) is 10.8. The molecule has 0 aliphatic rings. The molecule has 0 heterocycles. The molecule has 0 saturated heterocycles. The van der Waals surface area contributed by atoms with Crippen LogP contribution in [0, 0.1) is 0 Å². The highest BCUT2D eigenvalue weighted by Crippen LogP contribution is 2.35. The van der Waals surface area contributed by atoms with Crippen LogP contribution in [0.1, 0.15) is 10.4 Å². The zero-order chi connectivity index (χ0) is 15.0. The van der Waals surface area contributed by atoms with Gasteiger partial charge in [0.25, 0.3) is 0 Å². The van der Waals surface area contributed by atoms with E-state index in [1.807, 2.05) is 0 Å². The second kappa shape index (κ2) is 5.06. The van der Waals surface area contributed by atoms with Gasteiger partial charge in [-0.2, -0.15) is 21.6 Å². The van der Waals surface area contributed by atoms with E-state index in [4.69, 9.17) is 23.2 Å². The van der Waals surface area contributed by atoms with Crippen molar-refractivity contribution < 1.29 is 35.7 Å². The van der Waals surface area contributed by atoms with Crippen molar-refractivity contribution in [3.05, 3.63) is 27.7 Å². The Balaban J connectivity index is 3.39. The third-order valence-corrected chi connectivity index (χ3v) is 3.51. The fourth-order valence-corrected chi connectivity index (χ4v) is 1.82. The van der Waals surface area contributed by atoms with Gasteiger partial charge in [-0.25, -0.2) is 0 Å². The Kier molecular flexibility index (Phi) is 4.23. The third kappa shape index (κ3) is 3.23. The van der Waals surface area contributed by atoms with Gasteiger partial charge in [0.15, 0.2) is 5.75 Å². The summed E-state index contributed by atoms with van der Waals surface area (Å²) in [7, 11) is -6.03. The molecule has 0 aromatic heterocycles. The minimum absolute atomic E-state index is 0.322. The number of halogens is 5. The van der Waals surface area contributed by atoms with Crippen LogP contribution in [0.5, 0.6) is 5.75 Å². The standard InChI is InChI=1S/C8H3Cl2F3O5S/c9-3-1-2-4(5(6(3)10)7(14)15)18-19(16,17)8(11,12)13/h1-2H,(H,14,15)/p-1. The van der Waals surface area contributed by atoms with Gasteiger partial charge >= 0.3 is 15.6 Å². The lowest BCUT2D eigenvalue weighted by atomic mass is 10.2. The van der Waals surface area contributed by atoms with Crippen LogP contribution in [0.15, 0.2) is 12.1 Å². The summed E-state index contributed by atoms with van der Waals surface area (Å²) in [6, 6.07) is 1.49. The summed E-state index contributed by atoms with van der Waals surface area (Å²) in [5, 5.41) is 9.70. The van der Waals surface area contributed by atoms with E-state index in [9.17, 15) is 31.5 Å². The van der Waals surface area contributed by atoms with Crippen LogP contribution in [0.4, 0.5) is 13.2 Å². The van der Waals surface area contributed by atoms with Crippen molar-refractivity contribution in [3.63, 3.8) is 0 Å². The number of carbonyl (C=O) groups is 1. The molecule has 11 heteroatoms. The van der Waals surface area contributed by atoms with E-state index in [1.54, 1.807) is 0 Å². The summed E-state index contributed by atoms with van der Waals surface area (Å²) in [6.45, 7) is 0. The number of hydrogen-bond acceptors (Lipinski definition) is 5. The number of carbonyl (C=O) groups excluding carboxylic acids is 1. The molecule has 0 aliphatic heterocycles. The predicted molar refractivity (Wildman–Crippen MR) is 56.4 cm³/mol. The molecule has 0 amide bonds. The maximum absolute atomic E-state index is 12.1. The first kappa shape index (κ1) is 15.9. The highest BCUT2D eigenvalue weighted by atomic mass is 35.5. The van der Waals surface area contributed by atoms with E-state index in [1.165, 1.54) is 0 Å². The Hall–Kier alpha value is -1.19. The molecule has 1 aromatic carbocycles. The van der Waals surface area contributed by atoms with Crippen LogP contribution in [0.2, 0.25) is 10.0 Å². The van der Waals surface area contributed by atoms with Crippen LogP contribution in [-0.2, 0) is 10.1 Å². The molecule has 0 saturated carbocycles. The maximum atomic E-state index is 12.1. The third-order valence-electron chi connectivity index (χ3n) is 1.74. The van der Waals surface area contributed by atoms with Crippen LogP contribution in [0.3, 0.4) is 0 Å². The summed E-state index contributed by atoms with van der Waals surface area (Å²) in [5.41, 5.74) is -6.82. The number of rotatable bonds is 3. The Morgan fingerprint density at radius 1 is 1.26 bits per heavy atom. The molecule has 0 unspecified atom stereocenters. The molecule has 1 rings (SSSR count). The van der Waals surface area contributed by atoms with Crippen LogP contribution in [0.25, 0.3) is 0 Å². The van der Waals surface area contributed by atoms with Gasteiger partial charge < -0.3 is 14.1 Å². The molecule has 0 bridgehead atoms. The molecule has 0 aliphatic carbocycles. The van der Waals surface area contributed by atoms with Gasteiger partial charge in [-0.05, 0) is 12.1 Å². The van der Waals surface area contributed by atoms with E-state index in [0.29, 0.717) is 6.07 Å². The zero-order valence-electron chi connectivity index (χ0n) is 8.49. The Labute approximate surface area is 114 Å². The van der Waals surface area contributed by atoms with Gasteiger partial charge in [0.2, 0.25) is 0 Å². The molecule has 0 fully saturated rings. The van der Waals surface area contributed by atoms with Gasteiger partial charge in [-0.15, -0.1) is 0 Å². The summed E-state index contributed by atoms with van der Waals surface area (Å²) in [4.78, 5) is 10.7. The van der Waals surface area contributed by atoms with Gasteiger partial charge in [0.1, 0.15) is 0 Å². The number of alkyl halides is 3. The lowest BCUT2D eigenvalue weighted by molar-refractivity contribution is -0.255. The number of hydrogen-bond donors (Lipinski definition) is 0. The first-order valence-electron chi connectivity index (χ1n) is 4.17. The van der Waals surface area contributed by atoms with Gasteiger partial charge in [0, 0.05) is 0 Å². The fourth-order valence-electron chi connectivity index (χ4n) is 0.958. The van der Waals surface area contributed by atoms with Crippen molar-refractivity contribution >= 4 is 39.3 Å². The molecular formula is C8H2Cl2F3O5S-. The van der Waals surface area contributed by atoms with Crippen molar-refractivity contribution in [3.8, 4) is 5.75 Å². The van der Waals surface area contributed by atoms with Crippen molar-refractivity contribution in [2.75, 3.05) is 0 Å². The van der Waals surface area contributed by atoms with Gasteiger partial charge in [-0.1, -0.05) is 23.2 Å². The Bertz CT molecular complexity index is 626. The molecule has 0 atom stereocenters. The molecular weight excluding hydrogens is 336 g/mol. The van der Waals surface area contributed by atoms with Crippen LogP contribution in [-0.4, -0.2) is 19.9 Å². The molecule has 19 heavy (non-hydrogen) atoms. The molecule has 0 spiro atoms. The summed E-state index contributed by atoms with van der Waals surface area (Å²) in [6.07, 6.45) is 0. The smallest absolute Gasteiger partial charge is 0.534 e. The van der Waals surface area contributed by atoms with E-state index >= 15 is 0 Å². The number of benzene rings is 1. The maximum Gasteiger partial charge on any atom is 0.534 e. The SMILES string of the molecule is O=C([O-])c1c(OS(=O)(=O)C(F)(F)F)ccc(Cl)c1Cl. The number of carboxylic acid groups (broad SMARTS) is 1. The van der Waals surface area contributed by atoms with E-state index in [0.717, 1.165) is 6.07 Å². The summed E-state index contributed by atoms with van der Waals surface area (Å²) < 4.78 is 61.5. The van der Waals surface area contributed by atoms with E-state index < -0.39 is 37.9 Å². The normalized spacial score (nSPS) is 12.3. The Morgan fingerprint density at radius 3 is 2.21 bits per heavy atom. The quantitative estimate of drug-likeness (QED) is 0.617. The molecule has 5 nitrogen and oxygen atoms in total. The van der Waals surface area contributed by atoms with Gasteiger partial charge in [0.05, 0.1) is 21.6 Å². The molecule has 1 aromatic rings. The minimum atomic E-state index is -6.03. The van der Waals surface area contributed by atoms with Gasteiger partial charge in [-0.3, -0.25) is 0 Å². The second-order valence-electron chi connectivity index (χ2n) is 3.01. The first-order valence-corrected chi connectivity index (χ1v) is 6.34. The van der Waals surface area contributed by atoms with Crippen molar-refractivity contribution in [1.29, 1.82) is 0 Å². The monoisotopic (exact) mass is 337 g/mol. The number of carboxylic acids is 1. The van der Waals surface area contributed by atoms with Crippen molar-refractivity contribution in [2.24, 2.45) is 0 Å². The van der Waals surface area contributed by atoms with Crippen LogP contribution < -0.4 is 9.29 Å². The average molecular weight is 338 g/mol. The largest absolute Gasteiger partial charge is 0.545 e. The molecule has 0 radical (unpaired) electrons. The lowest BCUT2D eigenvalue weighted by Crippen LogP contribution is -2.30. The highest BCUT2D eigenvalue weighted by Gasteiger charge is 2.48. The average Bonchev–Trinajstić information content (AvgIpc) is 2.21. The lowest BCUT2D eigenvalue weighted by Gasteiger charge is -2.15. The van der Waals surface area contributed by atoms with Crippen molar-refractivity contribution in [1.82, 2.24) is 0 Å². The minimum Gasteiger partial charge on any atom is -0.545 e. The second-order valence-corrected chi connectivity index (χ2v) is 5.33.